The molecule has 128 valence electrons. The molecule has 0 aromatic heterocycles. The summed E-state index contributed by atoms with van der Waals surface area (Å²) in [7, 11) is 0. The molecule has 1 fully saturated rings. The molecule has 2 rings (SSSR count). The zero-order valence-electron chi connectivity index (χ0n) is 13.5. The van der Waals surface area contributed by atoms with Gasteiger partial charge < -0.3 is 15.2 Å². The second-order valence-electron chi connectivity index (χ2n) is 6.51. The molecule has 0 bridgehead atoms. The lowest BCUT2D eigenvalue weighted by atomic mass is 9.98. The van der Waals surface area contributed by atoms with Gasteiger partial charge in [-0.1, -0.05) is 6.07 Å². The third-order valence-corrected chi connectivity index (χ3v) is 3.53. The number of carbonyl (C=O) groups is 1. The Bertz CT molecular complexity index is 575. The summed E-state index contributed by atoms with van der Waals surface area (Å²) in [4.78, 5) is 13.8. The molecular weight excluding hydrogens is 306 g/mol. The number of carbonyl (C=O) groups excluding carboxylic acids is 1. The van der Waals surface area contributed by atoms with Crippen LogP contribution in [0.3, 0.4) is 0 Å². The SMILES string of the molecule is CC(C)(C)OC(=O)N1CCOCC1C(N)c1ccc(F)cc1F. The smallest absolute Gasteiger partial charge is 0.410 e. The van der Waals surface area contributed by atoms with Crippen molar-refractivity contribution in [3.05, 3.63) is 35.4 Å². The first-order valence-electron chi connectivity index (χ1n) is 7.47. The third kappa shape index (κ3) is 4.39. The van der Waals surface area contributed by atoms with Crippen molar-refractivity contribution in [1.82, 2.24) is 4.90 Å². The molecule has 5 nitrogen and oxygen atoms in total. The quantitative estimate of drug-likeness (QED) is 0.906. The fourth-order valence-corrected chi connectivity index (χ4v) is 2.45. The van der Waals surface area contributed by atoms with E-state index < -0.39 is 35.4 Å². The van der Waals surface area contributed by atoms with Gasteiger partial charge in [-0.3, -0.25) is 4.90 Å². The predicted molar refractivity (Wildman–Crippen MR) is 80.8 cm³/mol. The number of ether oxygens (including phenoxy) is 2. The number of rotatable bonds is 2. The summed E-state index contributed by atoms with van der Waals surface area (Å²) >= 11 is 0. The average Bonchev–Trinajstić information content (AvgIpc) is 2.45. The number of halogens is 2. The lowest BCUT2D eigenvalue weighted by Crippen LogP contribution is -2.54. The highest BCUT2D eigenvalue weighted by atomic mass is 19.1. The minimum atomic E-state index is -0.844. The van der Waals surface area contributed by atoms with Crippen LogP contribution >= 0.6 is 0 Å². The van der Waals surface area contributed by atoms with E-state index in [2.05, 4.69) is 0 Å². The van der Waals surface area contributed by atoms with Crippen LogP contribution in [0.5, 0.6) is 0 Å². The maximum atomic E-state index is 14.0. The van der Waals surface area contributed by atoms with Gasteiger partial charge in [-0.05, 0) is 26.8 Å². The fourth-order valence-electron chi connectivity index (χ4n) is 2.45. The zero-order chi connectivity index (χ0) is 17.2. The van der Waals surface area contributed by atoms with Gasteiger partial charge in [0.2, 0.25) is 0 Å². The average molecular weight is 328 g/mol. The first-order chi connectivity index (χ1) is 10.7. The highest BCUT2D eigenvalue weighted by Gasteiger charge is 2.36. The Labute approximate surface area is 134 Å². The van der Waals surface area contributed by atoms with E-state index in [1.54, 1.807) is 20.8 Å². The number of nitrogens with two attached hydrogens (primary N) is 1. The molecule has 1 aromatic rings. The highest BCUT2D eigenvalue weighted by molar-refractivity contribution is 5.69. The molecule has 1 aliphatic rings. The molecule has 0 aliphatic carbocycles. The maximum absolute atomic E-state index is 14.0. The zero-order valence-corrected chi connectivity index (χ0v) is 13.5. The van der Waals surface area contributed by atoms with Gasteiger partial charge in [0.1, 0.15) is 17.2 Å². The number of amides is 1. The summed E-state index contributed by atoms with van der Waals surface area (Å²) in [6.45, 7) is 6.11. The maximum Gasteiger partial charge on any atom is 0.410 e. The minimum absolute atomic E-state index is 0.135. The van der Waals surface area contributed by atoms with Gasteiger partial charge in [-0.15, -0.1) is 0 Å². The number of hydrogen-bond acceptors (Lipinski definition) is 4. The van der Waals surface area contributed by atoms with Gasteiger partial charge >= 0.3 is 6.09 Å². The Hall–Kier alpha value is -1.73. The molecule has 23 heavy (non-hydrogen) atoms. The first kappa shape index (κ1) is 17.6. The van der Waals surface area contributed by atoms with Crippen molar-refractivity contribution in [2.24, 2.45) is 5.73 Å². The Morgan fingerprint density at radius 2 is 2.13 bits per heavy atom. The molecule has 0 spiro atoms. The van der Waals surface area contributed by atoms with Crippen LogP contribution in [-0.4, -0.2) is 42.4 Å². The van der Waals surface area contributed by atoms with Crippen molar-refractivity contribution in [2.75, 3.05) is 19.8 Å². The Kier molecular flexibility index (Phi) is 5.21. The summed E-state index contributed by atoms with van der Waals surface area (Å²) < 4.78 is 37.8. The van der Waals surface area contributed by atoms with Crippen LogP contribution in [0.25, 0.3) is 0 Å². The highest BCUT2D eigenvalue weighted by Crippen LogP contribution is 2.25. The lowest BCUT2D eigenvalue weighted by Gasteiger charge is -2.39. The Morgan fingerprint density at radius 3 is 2.74 bits per heavy atom. The lowest BCUT2D eigenvalue weighted by molar-refractivity contribution is -0.0384. The monoisotopic (exact) mass is 328 g/mol. The predicted octanol–water partition coefficient (Wildman–Crippen LogP) is 2.60. The Morgan fingerprint density at radius 1 is 1.43 bits per heavy atom. The second kappa shape index (κ2) is 6.80. The standard InChI is InChI=1S/C16H22F2N2O3/c1-16(2,3)23-15(21)20-6-7-22-9-13(20)14(19)11-5-4-10(17)8-12(11)18/h4-5,8,13-14H,6-7,9,19H2,1-3H3. The summed E-state index contributed by atoms with van der Waals surface area (Å²) in [5, 5.41) is 0. The van der Waals surface area contributed by atoms with Crippen LogP contribution in [0, 0.1) is 11.6 Å². The van der Waals surface area contributed by atoms with Crippen LogP contribution in [0.2, 0.25) is 0 Å². The molecule has 1 heterocycles. The van der Waals surface area contributed by atoms with Crippen molar-refractivity contribution in [1.29, 1.82) is 0 Å². The van der Waals surface area contributed by atoms with Crippen LogP contribution < -0.4 is 5.73 Å². The van der Waals surface area contributed by atoms with Crippen LogP contribution in [0.4, 0.5) is 13.6 Å². The summed E-state index contributed by atoms with van der Waals surface area (Å²) in [5.41, 5.74) is 5.61. The number of nitrogens with zero attached hydrogens (tertiary/aromatic N) is 1. The van der Waals surface area contributed by atoms with E-state index in [-0.39, 0.29) is 12.2 Å². The van der Waals surface area contributed by atoms with Crippen molar-refractivity contribution >= 4 is 6.09 Å². The molecule has 1 aliphatic heterocycles. The van der Waals surface area contributed by atoms with E-state index in [1.807, 2.05) is 0 Å². The molecule has 2 atom stereocenters. The van der Waals surface area contributed by atoms with E-state index in [9.17, 15) is 13.6 Å². The van der Waals surface area contributed by atoms with Gasteiger partial charge in [0.25, 0.3) is 0 Å². The fraction of sp³-hybridized carbons (Fsp3) is 0.562. The second-order valence-corrected chi connectivity index (χ2v) is 6.51. The van der Waals surface area contributed by atoms with Crippen molar-refractivity contribution in [3.63, 3.8) is 0 Å². The molecule has 2 unspecified atom stereocenters. The van der Waals surface area contributed by atoms with E-state index in [0.29, 0.717) is 13.2 Å². The number of morpholine rings is 1. The number of benzene rings is 1. The summed E-state index contributed by atoms with van der Waals surface area (Å²) in [5.74, 6) is -1.42. The molecule has 1 saturated heterocycles. The van der Waals surface area contributed by atoms with Gasteiger partial charge in [-0.25, -0.2) is 13.6 Å². The molecule has 1 amide bonds. The summed E-state index contributed by atoms with van der Waals surface area (Å²) in [6, 6.07) is 1.77. The normalized spacial score (nSPS) is 20.3. The van der Waals surface area contributed by atoms with E-state index in [0.717, 1.165) is 12.1 Å². The topological polar surface area (TPSA) is 64.8 Å². The van der Waals surface area contributed by atoms with E-state index in [4.69, 9.17) is 15.2 Å². The Balaban J connectivity index is 2.21. The molecule has 0 saturated carbocycles. The van der Waals surface area contributed by atoms with Crippen molar-refractivity contribution in [2.45, 2.75) is 38.5 Å². The van der Waals surface area contributed by atoms with E-state index >= 15 is 0 Å². The molecular formula is C16H22F2N2O3. The van der Waals surface area contributed by atoms with E-state index in [1.165, 1.54) is 11.0 Å². The van der Waals surface area contributed by atoms with Crippen LogP contribution in [0.15, 0.2) is 18.2 Å². The van der Waals surface area contributed by atoms with Gasteiger partial charge in [0, 0.05) is 18.2 Å². The van der Waals surface area contributed by atoms with Crippen LogP contribution in [-0.2, 0) is 9.47 Å². The van der Waals surface area contributed by atoms with Gasteiger partial charge in [-0.2, -0.15) is 0 Å². The molecule has 0 radical (unpaired) electrons. The van der Waals surface area contributed by atoms with Crippen molar-refractivity contribution in [3.8, 4) is 0 Å². The minimum Gasteiger partial charge on any atom is -0.444 e. The van der Waals surface area contributed by atoms with Gasteiger partial charge in [0.05, 0.1) is 25.3 Å². The first-order valence-corrected chi connectivity index (χ1v) is 7.47. The number of hydrogen-bond donors (Lipinski definition) is 1. The van der Waals surface area contributed by atoms with Crippen LogP contribution in [0.1, 0.15) is 32.4 Å². The summed E-state index contributed by atoms with van der Waals surface area (Å²) in [6.07, 6.45) is -0.524. The van der Waals surface area contributed by atoms with Crippen molar-refractivity contribution < 1.29 is 23.0 Å². The largest absolute Gasteiger partial charge is 0.444 e. The molecule has 1 aromatic carbocycles. The molecule has 2 N–H and O–H groups in total. The molecule has 7 heteroatoms. The third-order valence-electron chi connectivity index (χ3n) is 3.53. The van der Waals surface area contributed by atoms with Gasteiger partial charge in [0.15, 0.2) is 0 Å².